The second kappa shape index (κ2) is 9.64. The minimum Gasteiger partial charge on any atom is -0.455 e. The van der Waals surface area contributed by atoms with E-state index >= 15 is 0 Å². The van der Waals surface area contributed by atoms with E-state index in [0.717, 1.165) is 19.3 Å². The molecule has 0 aromatic rings. The van der Waals surface area contributed by atoms with Gasteiger partial charge in [-0.05, 0) is 24.5 Å². The SMILES string of the molecule is CCCCCCCCCC(=O)OC12C(O)CC3(O)C(C=C(CO)CC4(O)C(=O)C(C)=CC43)C1C2(C)C. The molecule has 7 unspecified atom stereocenters. The smallest absolute Gasteiger partial charge is 0.306 e. The summed E-state index contributed by atoms with van der Waals surface area (Å²) >= 11 is 0. The first-order valence-electron chi connectivity index (χ1n) is 13.8. The highest BCUT2D eigenvalue weighted by molar-refractivity contribution is 6.04. The number of esters is 1. The van der Waals surface area contributed by atoms with Crippen molar-refractivity contribution in [2.75, 3.05) is 6.61 Å². The fourth-order valence-electron chi connectivity index (χ4n) is 7.80. The summed E-state index contributed by atoms with van der Waals surface area (Å²) < 4.78 is 6.07. The highest BCUT2D eigenvalue weighted by atomic mass is 16.6. The lowest BCUT2D eigenvalue weighted by Crippen LogP contribution is -2.60. The van der Waals surface area contributed by atoms with Gasteiger partial charge in [-0.1, -0.05) is 71.4 Å². The van der Waals surface area contributed by atoms with E-state index in [1.807, 2.05) is 13.8 Å². The molecule has 4 aliphatic rings. The van der Waals surface area contributed by atoms with Crippen LogP contribution in [-0.2, 0) is 14.3 Å². The zero-order chi connectivity index (χ0) is 26.5. The van der Waals surface area contributed by atoms with Crippen LogP contribution in [-0.4, -0.2) is 61.7 Å². The number of rotatable bonds is 10. The third kappa shape index (κ3) is 4.01. The van der Waals surface area contributed by atoms with Gasteiger partial charge in [0.15, 0.2) is 5.78 Å². The molecule has 0 amide bonds. The van der Waals surface area contributed by atoms with Gasteiger partial charge in [0.05, 0.1) is 18.3 Å². The van der Waals surface area contributed by atoms with Crippen molar-refractivity contribution in [3.8, 4) is 0 Å². The Hall–Kier alpha value is -1.54. The Balaban J connectivity index is 1.54. The molecule has 7 heteroatoms. The monoisotopic (exact) mass is 504 g/mol. The van der Waals surface area contributed by atoms with E-state index in [4.69, 9.17) is 4.74 Å². The van der Waals surface area contributed by atoms with Crippen LogP contribution in [0, 0.1) is 23.2 Å². The number of ketones is 1. The molecular weight excluding hydrogens is 460 g/mol. The van der Waals surface area contributed by atoms with Crippen molar-refractivity contribution in [2.24, 2.45) is 23.2 Å². The number of aliphatic hydroxyl groups excluding tert-OH is 2. The molecule has 0 spiro atoms. The molecular formula is C29H44O7. The van der Waals surface area contributed by atoms with E-state index in [2.05, 4.69) is 6.92 Å². The van der Waals surface area contributed by atoms with Gasteiger partial charge < -0.3 is 25.2 Å². The van der Waals surface area contributed by atoms with Crippen LogP contribution in [0.4, 0.5) is 0 Å². The van der Waals surface area contributed by atoms with Crippen LogP contribution in [0.15, 0.2) is 23.3 Å². The van der Waals surface area contributed by atoms with Gasteiger partial charge in [-0.25, -0.2) is 0 Å². The number of fused-ring (bicyclic) bond motifs is 5. The summed E-state index contributed by atoms with van der Waals surface area (Å²) in [5.74, 6) is -2.73. The van der Waals surface area contributed by atoms with Gasteiger partial charge in [0.25, 0.3) is 0 Å². The van der Waals surface area contributed by atoms with Crippen LogP contribution in [0.5, 0.6) is 0 Å². The third-order valence-electron chi connectivity index (χ3n) is 9.72. The van der Waals surface area contributed by atoms with E-state index in [0.29, 0.717) is 11.1 Å². The summed E-state index contributed by atoms with van der Waals surface area (Å²) in [6.45, 7) is 7.31. The molecule has 7 atom stereocenters. The quantitative estimate of drug-likeness (QED) is 0.204. The molecule has 0 aliphatic heterocycles. The molecule has 2 fully saturated rings. The molecule has 202 valence electrons. The van der Waals surface area contributed by atoms with Crippen LogP contribution in [0.2, 0.25) is 0 Å². The average molecular weight is 505 g/mol. The van der Waals surface area contributed by atoms with E-state index in [1.165, 1.54) is 25.7 Å². The Bertz CT molecular complexity index is 951. The Morgan fingerprint density at radius 3 is 2.36 bits per heavy atom. The van der Waals surface area contributed by atoms with Crippen LogP contribution >= 0.6 is 0 Å². The van der Waals surface area contributed by atoms with Gasteiger partial charge in [-0.3, -0.25) is 9.59 Å². The Kier molecular flexibility index (Phi) is 7.37. The predicted molar refractivity (Wildman–Crippen MR) is 135 cm³/mol. The van der Waals surface area contributed by atoms with Crippen molar-refractivity contribution >= 4 is 11.8 Å². The Morgan fingerprint density at radius 2 is 1.72 bits per heavy atom. The molecule has 0 saturated heterocycles. The molecule has 4 N–H and O–H groups in total. The summed E-state index contributed by atoms with van der Waals surface area (Å²) in [7, 11) is 0. The molecule has 0 aromatic heterocycles. The van der Waals surface area contributed by atoms with Gasteiger partial charge in [0.2, 0.25) is 0 Å². The fourth-order valence-corrected chi connectivity index (χ4v) is 7.80. The molecule has 4 rings (SSSR count). The lowest BCUT2D eigenvalue weighted by molar-refractivity contribution is -0.195. The molecule has 0 aromatic carbocycles. The molecule has 36 heavy (non-hydrogen) atoms. The van der Waals surface area contributed by atoms with Gasteiger partial charge in [0, 0.05) is 42.4 Å². The normalized spacial score (nSPS) is 40.4. The molecule has 0 bridgehead atoms. The number of hydrogen-bond acceptors (Lipinski definition) is 7. The van der Waals surface area contributed by atoms with Crippen LogP contribution in [0.25, 0.3) is 0 Å². The van der Waals surface area contributed by atoms with Crippen LogP contribution in [0.3, 0.4) is 0 Å². The van der Waals surface area contributed by atoms with E-state index in [9.17, 15) is 30.0 Å². The van der Waals surface area contributed by atoms with Gasteiger partial charge in [-0.2, -0.15) is 0 Å². The highest BCUT2D eigenvalue weighted by Gasteiger charge is 2.85. The summed E-state index contributed by atoms with van der Waals surface area (Å²) in [5, 5.41) is 45.0. The minimum absolute atomic E-state index is 0.0755. The molecule has 0 heterocycles. The lowest BCUT2D eigenvalue weighted by Gasteiger charge is -2.48. The summed E-state index contributed by atoms with van der Waals surface area (Å²) in [6, 6.07) is 0. The van der Waals surface area contributed by atoms with Crippen molar-refractivity contribution in [3.63, 3.8) is 0 Å². The standard InChI is InChI=1S/C29H44O7/c1-5-6-7-8-9-10-11-12-23(32)36-29-22(31)16-27(34)20(24(29)26(29,3)4)14-19(17-30)15-28(35)21(27)13-18(2)25(28)33/h13-14,20-22,24,30-31,34-35H,5-12,15-17H2,1-4H3. The van der Waals surface area contributed by atoms with Crippen LogP contribution in [0.1, 0.15) is 91.9 Å². The van der Waals surface area contributed by atoms with Gasteiger partial charge in [0.1, 0.15) is 11.2 Å². The Morgan fingerprint density at radius 1 is 1.08 bits per heavy atom. The van der Waals surface area contributed by atoms with Crippen LogP contribution < -0.4 is 0 Å². The largest absolute Gasteiger partial charge is 0.455 e. The van der Waals surface area contributed by atoms with Crippen molar-refractivity contribution < 1.29 is 34.8 Å². The summed E-state index contributed by atoms with van der Waals surface area (Å²) in [5.41, 5.74) is -4.42. The highest BCUT2D eigenvalue weighted by Crippen LogP contribution is 2.75. The van der Waals surface area contributed by atoms with E-state index in [-0.39, 0.29) is 31.8 Å². The van der Waals surface area contributed by atoms with Crippen molar-refractivity contribution in [3.05, 3.63) is 23.3 Å². The summed E-state index contributed by atoms with van der Waals surface area (Å²) in [4.78, 5) is 25.8. The molecule has 4 aliphatic carbocycles. The zero-order valence-corrected chi connectivity index (χ0v) is 22.3. The van der Waals surface area contributed by atoms with Crippen molar-refractivity contribution in [1.82, 2.24) is 0 Å². The minimum atomic E-state index is -1.87. The number of aliphatic hydroxyl groups is 4. The number of Topliss-reactive ketones (excluding diaryl/α,β-unsaturated/α-hetero) is 1. The lowest BCUT2D eigenvalue weighted by atomic mass is 9.63. The third-order valence-corrected chi connectivity index (χ3v) is 9.72. The molecule has 2 saturated carbocycles. The summed E-state index contributed by atoms with van der Waals surface area (Å²) in [6.07, 6.45) is 9.93. The number of ether oxygens (including phenoxy) is 1. The van der Waals surface area contributed by atoms with Crippen molar-refractivity contribution in [1.29, 1.82) is 0 Å². The van der Waals surface area contributed by atoms with Gasteiger partial charge >= 0.3 is 5.97 Å². The number of unbranched alkanes of at least 4 members (excludes halogenated alkanes) is 6. The number of hydrogen-bond donors (Lipinski definition) is 4. The van der Waals surface area contributed by atoms with E-state index < -0.39 is 51.9 Å². The van der Waals surface area contributed by atoms with Crippen molar-refractivity contribution in [2.45, 2.75) is 115 Å². The number of carbonyl (C=O) groups excluding carboxylic acids is 2. The maximum Gasteiger partial charge on any atom is 0.306 e. The van der Waals surface area contributed by atoms with E-state index in [1.54, 1.807) is 19.1 Å². The zero-order valence-electron chi connectivity index (χ0n) is 22.3. The second-order valence-electron chi connectivity index (χ2n) is 12.3. The second-order valence-corrected chi connectivity index (χ2v) is 12.3. The first kappa shape index (κ1) is 27.5. The first-order valence-corrected chi connectivity index (χ1v) is 13.8. The molecule has 7 nitrogen and oxygen atoms in total. The molecule has 0 radical (unpaired) electrons. The van der Waals surface area contributed by atoms with Gasteiger partial charge in [-0.15, -0.1) is 0 Å². The average Bonchev–Trinajstić information content (AvgIpc) is 3.25. The first-order chi connectivity index (χ1) is 16.9. The Labute approximate surface area is 214 Å². The maximum atomic E-state index is 12.9. The predicted octanol–water partition coefficient (Wildman–Crippen LogP) is 3.38. The fraction of sp³-hybridized carbons (Fsp3) is 0.793. The number of carbonyl (C=O) groups is 2. The topological polar surface area (TPSA) is 124 Å². The maximum absolute atomic E-state index is 12.9.